The lowest BCUT2D eigenvalue weighted by Gasteiger charge is -2.27. The van der Waals surface area contributed by atoms with Crippen LogP contribution in [0.15, 0.2) is 41.6 Å². The Labute approximate surface area is 153 Å². The van der Waals surface area contributed by atoms with Crippen LogP contribution in [0, 0.1) is 6.92 Å². The van der Waals surface area contributed by atoms with Gasteiger partial charge in [-0.25, -0.2) is 0 Å². The van der Waals surface area contributed by atoms with E-state index in [1.54, 1.807) is 23.0 Å². The van der Waals surface area contributed by atoms with E-state index < -0.39 is 10.1 Å². The van der Waals surface area contributed by atoms with Gasteiger partial charge in [-0.15, -0.1) is 0 Å². The molecule has 0 radical (unpaired) electrons. The summed E-state index contributed by atoms with van der Waals surface area (Å²) in [6.45, 7) is 6.28. The Balaban J connectivity index is 0.000000197. The first-order valence-electron chi connectivity index (χ1n) is 8.33. The third kappa shape index (κ3) is 6.19. The summed E-state index contributed by atoms with van der Waals surface area (Å²) >= 11 is 0. The zero-order valence-corrected chi connectivity index (χ0v) is 15.7. The molecule has 0 bridgehead atoms. The third-order valence-electron chi connectivity index (χ3n) is 3.83. The van der Waals surface area contributed by atoms with E-state index in [-0.39, 0.29) is 23.7 Å². The Morgan fingerprint density at radius 3 is 2.58 bits per heavy atom. The molecule has 0 aliphatic carbocycles. The molecule has 0 saturated carbocycles. The minimum absolute atomic E-state index is 0.0666. The van der Waals surface area contributed by atoms with E-state index in [1.165, 1.54) is 12.1 Å². The lowest BCUT2D eigenvalue weighted by molar-refractivity contribution is -0.0287. The maximum atomic E-state index is 10.5. The predicted octanol–water partition coefficient (Wildman–Crippen LogP) is 1.17. The summed E-state index contributed by atoms with van der Waals surface area (Å²) in [7, 11) is -4.02. The maximum absolute atomic E-state index is 10.5. The van der Waals surface area contributed by atoms with Gasteiger partial charge in [0.25, 0.3) is 10.1 Å². The second kappa shape index (κ2) is 9.24. The molecular formula is C17H25N3O5S. The minimum atomic E-state index is -4.02. The molecule has 1 aromatic heterocycles. The lowest BCUT2D eigenvalue weighted by atomic mass is 10.1. The second-order valence-electron chi connectivity index (χ2n) is 6.14. The molecule has 1 saturated heterocycles. The maximum Gasteiger partial charge on any atom is 0.294 e. The van der Waals surface area contributed by atoms with E-state index in [2.05, 4.69) is 17.3 Å². The van der Waals surface area contributed by atoms with Crippen molar-refractivity contribution in [3.8, 4) is 0 Å². The van der Waals surface area contributed by atoms with Crippen LogP contribution in [0.5, 0.6) is 0 Å². The summed E-state index contributed by atoms with van der Waals surface area (Å²) in [6, 6.07) is 5.99. The average molecular weight is 383 g/mol. The van der Waals surface area contributed by atoms with E-state index >= 15 is 0 Å². The number of hydrogen-bond acceptors (Lipinski definition) is 6. The molecule has 3 N–H and O–H groups in total. The molecule has 3 rings (SSSR count). The van der Waals surface area contributed by atoms with E-state index in [1.807, 2.05) is 13.1 Å². The number of aliphatic hydroxyl groups is 1. The van der Waals surface area contributed by atoms with Crippen molar-refractivity contribution >= 4 is 10.1 Å². The number of benzene rings is 1. The van der Waals surface area contributed by atoms with Gasteiger partial charge in [0.15, 0.2) is 0 Å². The molecule has 1 aliphatic heterocycles. The monoisotopic (exact) mass is 383 g/mol. The zero-order valence-electron chi connectivity index (χ0n) is 14.9. The average Bonchev–Trinajstić information content (AvgIpc) is 3.04. The van der Waals surface area contributed by atoms with Crippen LogP contribution in [-0.2, 0) is 21.4 Å². The van der Waals surface area contributed by atoms with E-state index in [9.17, 15) is 8.42 Å². The number of morpholine rings is 1. The number of aromatic nitrogens is 2. The Morgan fingerprint density at radius 2 is 2.00 bits per heavy atom. The first-order chi connectivity index (χ1) is 12.3. The third-order valence-corrected chi connectivity index (χ3v) is 4.70. The molecule has 26 heavy (non-hydrogen) atoms. The van der Waals surface area contributed by atoms with Gasteiger partial charge in [-0.3, -0.25) is 9.23 Å². The van der Waals surface area contributed by atoms with Gasteiger partial charge in [0, 0.05) is 24.8 Å². The van der Waals surface area contributed by atoms with Crippen LogP contribution in [-0.4, -0.2) is 53.7 Å². The molecule has 0 amide bonds. The van der Waals surface area contributed by atoms with Crippen molar-refractivity contribution in [3.63, 3.8) is 0 Å². The van der Waals surface area contributed by atoms with Gasteiger partial charge in [0.1, 0.15) is 0 Å². The molecule has 8 nitrogen and oxygen atoms in total. The van der Waals surface area contributed by atoms with Gasteiger partial charge in [0.2, 0.25) is 0 Å². The summed E-state index contributed by atoms with van der Waals surface area (Å²) < 4.78 is 37.1. The molecule has 1 aromatic carbocycles. The molecule has 9 heteroatoms. The van der Waals surface area contributed by atoms with Crippen molar-refractivity contribution in [3.05, 3.63) is 47.8 Å². The number of aryl methyl sites for hydroxylation is 1. The zero-order chi connectivity index (χ0) is 19.2. The molecular weight excluding hydrogens is 358 g/mol. The van der Waals surface area contributed by atoms with Crippen LogP contribution < -0.4 is 5.32 Å². The minimum Gasteiger partial charge on any atom is -0.394 e. The number of rotatable bonds is 4. The normalized spacial score (nSPS) is 20.3. The van der Waals surface area contributed by atoms with Crippen LogP contribution in [0.25, 0.3) is 0 Å². The van der Waals surface area contributed by atoms with Crippen molar-refractivity contribution in [2.24, 2.45) is 0 Å². The van der Waals surface area contributed by atoms with Crippen molar-refractivity contribution in [1.29, 1.82) is 0 Å². The number of ether oxygens (including phenoxy) is 1. The molecule has 2 heterocycles. The highest BCUT2D eigenvalue weighted by atomic mass is 32.2. The molecule has 1 fully saturated rings. The lowest BCUT2D eigenvalue weighted by Crippen LogP contribution is -2.38. The topological polar surface area (TPSA) is 114 Å². The number of nitrogens with one attached hydrogen (secondary N) is 1. The summed E-state index contributed by atoms with van der Waals surface area (Å²) in [6.07, 6.45) is 4.06. The van der Waals surface area contributed by atoms with Crippen molar-refractivity contribution in [1.82, 2.24) is 15.1 Å². The van der Waals surface area contributed by atoms with E-state index in [4.69, 9.17) is 14.4 Å². The summed E-state index contributed by atoms with van der Waals surface area (Å²) in [4.78, 5) is -0.0666. The van der Waals surface area contributed by atoms with Gasteiger partial charge in [-0.2, -0.15) is 13.5 Å². The van der Waals surface area contributed by atoms with Crippen LogP contribution in [0.3, 0.4) is 0 Å². The van der Waals surface area contributed by atoms with Gasteiger partial charge in [0.05, 0.1) is 36.5 Å². The fourth-order valence-electron chi connectivity index (χ4n) is 2.47. The molecule has 0 spiro atoms. The van der Waals surface area contributed by atoms with Crippen LogP contribution in [0.1, 0.15) is 24.2 Å². The molecule has 2 atom stereocenters. The van der Waals surface area contributed by atoms with Crippen LogP contribution >= 0.6 is 0 Å². The first kappa shape index (κ1) is 20.5. The highest BCUT2D eigenvalue weighted by molar-refractivity contribution is 7.85. The Kier molecular flexibility index (Phi) is 7.30. The van der Waals surface area contributed by atoms with Crippen LogP contribution in [0.4, 0.5) is 0 Å². The van der Waals surface area contributed by atoms with Gasteiger partial charge in [-0.05, 0) is 26.0 Å². The highest BCUT2D eigenvalue weighted by Gasteiger charge is 2.21. The fourth-order valence-corrected chi connectivity index (χ4v) is 2.95. The smallest absolute Gasteiger partial charge is 0.294 e. The Hall–Kier alpha value is -1.78. The largest absolute Gasteiger partial charge is 0.394 e. The molecule has 0 unspecified atom stereocenters. The Morgan fingerprint density at radius 1 is 1.31 bits per heavy atom. The molecule has 2 aromatic rings. The molecule has 1 aliphatic rings. The van der Waals surface area contributed by atoms with Crippen molar-refractivity contribution in [2.45, 2.75) is 37.5 Å². The highest BCUT2D eigenvalue weighted by Crippen LogP contribution is 2.20. The summed E-state index contributed by atoms with van der Waals surface area (Å²) in [5.74, 6) is 0. The summed E-state index contributed by atoms with van der Waals surface area (Å²) in [5, 5.41) is 16.2. The van der Waals surface area contributed by atoms with E-state index in [0.717, 1.165) is 24.2 Å². The van der Waals surface area contributed by atoms with Gasteiger partial charge >= 0.3 is 0 Å². The quantitative estimate of drug-likeness (QED) is 0.679. The first-order valence-corrected chi connectivity index (χ1v) is 9.77. The number of nitrogens with zero attached hydrogens (tertiary/aromatic N) is 2. The van der Waals surface area contributed by atoms with Gasteiger partial charge in [-0.1, -0.05) is 17.7 Å². The standard InChI is InChI=1S/C10H17N3O2.C7H8O3S/c1-8-4-11-6-10(15-8)9-5-12-13(7-9)2-3-14;1-6-2-4-7(5-3-6)11(8,9)10/h5,7-8,10-11,14H,2-4,6H2,1H3;2-5H,1H3,(H,8,9,10)/t8-,10-;/m1./s1. The fraction of sp³-hybridized carbons (Fsp3) is 0.471. The van der Waals surface area contributed by atoms with Gasteiger partial charge < -0.3 is 15.2 Å². The molecule has 144 valence electrons. The van der Waals surface area contributed by atoms with Crippen molar-refractivity contribution in [2.75, 3.05) is 19.7 Å². The van der Waals surface area contributed by atoms with E-state index in [0.29, 0.717) is 6.54 Å². The Bertz CT molecular complexity index is 789. The second-order valence-corrected chi connectivity index (χ2v) is 7.56. The number of aliphatic hydroxyl groups excluding tert-OH is 1. The van der Waals surface area contributed by atoms with Crippen LogP contribution in [0.2, 0.25) is 0 Å². The van der Waals surface area contributed by atoms with Crippen molar-refractivity contribution < 1.29 is 22.8 Å². The predicted molar refractivity (Wildman–Crippen MR) is 96.5 cm³/mol. The SMILES string of the molecule is C[C@@H]1CNC[C@H](c2cnn(CCO)c2)O1.Cc1ccc(S(=O)(=O)O)cc1. The summed E-state index contributed by atoms with van der Waals surface area (Å²) in [5.41, 5.74) is 2.03. The number of hydrogen-bond donors (Lipinski definition) is 3.